The molecule has 30 heavy (non-hydrogen) atoms. The van der Waals surface area contributed by atoms with Crippen LogP contribution in [0, 0.1) is 10.1 Å². The van der Waals surface area contributed by atoms with Crippen LogP contribution in [0.25, 0.3) is 0 Å². The first-order valence-electron chi connectivity index (χ1n) is 9.16. The predicted octanol–water partition coefficient (Wildman–Crippen LogP) is 2.14. The Balaban J connectivity index is 2.02. The minimum Gasteiger partial charge on any atom is -0.452 e. The number of hydrogen-bond acceptors (Lipinski definition) is 7. The normalized spacial score (nSPS) is 11.1. The van der Waals surface area contributed by atoms with Gasteiger partial charge in [-0.15, -0.1) is 0 Å². The summed E-state index contributed by atoms with van der Waals surface area (Å²) >= 11 is 0. The molecule has 0 heterocycles. The van der Waals surface area contributed by atoms with Crippen LogP contribution in [0.5, 0.6) is 0 Å². The summed E-state index contributed by atoms with van der Waals surface area (Å²) in [6.45, 7) is 3.03. The first-order chi connectivity index (χ1) is 14.3. The smallest absolute Gasteiger partial charge is 0.338 e. The summed E-state index contributed by atoms with van der Waals surface area (Å²) in [5.74, 6) is -1.93. The summed E-state index contributed by atoms with van der Waals surface area (Å²) in [4.78, 5) is 46.4. The van der Waals surface area contributed by atoms with E-state index in [1.165, 1.54) is 19.1 Å². The van der Waals surface area contributed by atoms with Crippen LogP contribution in [-0.2, 0) is 14.3 Å². The number of likely N-dealkylation sites (N-methyl/N-ethyl adjacent to an activating group) is 1. The van der Waals surface area contributed by atoms with E-state index in [9.17, 15) is 24.5 Å². The molecule has 0 saturated heterocycles. The van der Waals surface area contributed by atoms with Gasteiger partial charge < -0.3 is 20.7 Å². The fourth-order valence-electron chi connectivity index (χ4n) is 2.48. The molecule has 2 rings (SSSR count). The molecule has 0 unspecified atom stereocenters. The van der Waals surface area contributed by atoms with Crippen molar-refractivity contribution in [3.8, 4) is 0 Å². The molecule has 0 aliphatic heterocycles. The molecule has 2 amide bonds. The van der Waals surface area contributed by atoms with Crippen molar-refractivity contribution in [2.75, 3.05) is 18.5 Å². The zero-order chi connectivity index (χ0) is 22.1. The Kier molecular flexibility index (Phi) is 7.86. The highest BCUT2D eigenvalue weighted by Gasteiger charge is 2.20. The third-order valence-corrected chi connectivity index (χ3v) is 3.94. The lowest BCUT2D eigenvalue weighted by Crippen LogP contribution is -2.46. The van der Waals surface area contributed by atoms with Gasteiger partial charge >= 0.3 is 5.97 Å². The van der Waals surface area contributed by atoms with E-state index < -0.39 is 29.4 Å². The largest absolute Gasteiger partial charge is 0.452 e. The van der Waals surface area contributed by atoms with Crippen molar-refractivity contribution in [3.05, 3.63) is 64.2 Å². The Morgan fingerprint density at radius 3 is 2.47 bits per heavy atom. The van der Waals surface area contributed by atoms with Crippen LogP contribution in [0.15, 0.2) is 48.5 Å². The van der Waals surface area contributed by atoms with Gasteiger partial charge in [0, 0.05) is 18.3 Å². The molecule has 0 aliphatic carbocycles. The van der Waals surface area contributed by atoms with Gasteiger partial charge in [0.25, 0.3) is 11.6 Å². The van der Waals surface area contributed by atoms with E-state index in [2.05, 4.69) is 16.0 Å². The number of nitrogens with zero attached hydrogens (tertiary/aromatic N) is 1. The lowest BCUT2D eigenvalue weighted by Gasteiger charge is -2.13. The Morgan fingerprint density at radius 1 is 1.13 bits per heavy atom. The third-order valence-electron chi connectivity index (χ3n) is 3.94. The van der Waals surface area contributed by atoms with E-state index in [0.29, 0.717) is 12.2 Å². The molecule has 2 aromatic carbocycles. The maximum Gasteiger partial charge on any atom is 0.338 e. The fraction of sp³-hybridized carbons (Fsp3) is 0.250. The van der Waals surface area contributed by atoms with Gasteiger partial charge in [-0.05, 0) is 38.1 Å². The minimum absolute atomic E-state index is 0.0788. The van der Waals surface area contributed by atoms with Crippen molar-refractivity contribution in [1.29, 1.82) is 0 Å². The number of carbonyl (C=O) groups is 3. The predicted molar refractivity (Wildman–Crippen MR) is 109 cm³/mol. The van der Waals surface area contributed by atoms with Crippen molar-refractivity contribution in [2.45, 2.75) is 19.9 Å². The van der Waals surface area contributed by atoms with Crippen LogP contribution in [0.2, 0.25) is 0 Å². The van der Waals surface area contributed by atoms with Gasteiger partial charge in [-0.25, -0.2) is 4.79 Å². The molecule has 0 radical (unpaired) electrons. The standard InChI is InChI=1S/C20H22N4O6/c1-3-21-19(26)13(2)22-18(25)12-30-20(27)14-9-10-16(17(11-14)24(28)29)23-15-7-5-4-6-8-15/h4-11,13,23H,3,12H2,1-2H3,(H,21,26)(H,22,25)/t13-/m0/s1. The number of anilines is 2. The number of rotatable bonds is 9. The molecular weight excluding hydrogens is 392 g/mol. The number of esters is 1. The van der Waals surface area contributed by atoms with Gasteiger partial charge in [0.15, 0.2) is 6.61 Å². The van der Waals surface area contributed by atoms with Crippen LogP contribution in [-0.4, -0.2) is 41.9 Å². The number of nitrogens with one attached hydrogen (secondary N) is 3. The highest BCUT2D eigenvalue weighted by molar-refractivity contribution is 5.94. The van der Waals surface area contributed by atoms with Crippen molar-refractivity contribution in [1.82, 2.24) is 10.6 Å². The highest BCUT2D eigenvalue weighted by atomic mass is 16.6. The average Bonchev–Trinajstić information content (AvgIpc) is 2.73. The molecule has 2 aromatic rings. The molecule has 0 bridgehead atoms. The molecule has 0 spiro atoms. The van der Waals surface area contributed by atoms with Crippen molar-refractivity contribution >= 4 is 34.8 Å². The monoisotopic (exact) mass is 414 g/mol. The van der Waals surface area contributed by atoms with E-state index in [1.54, 1.807) is 31.2 Å². The van der Waals surface area contributed by atoms with Gasteiger partial charge in [0.1, 0.15) is 11.7 Å². The Bertz CT molecular complexity index is 932. The quantitative estimate of drug-likeness (QED) is 0.324. The molecule has 10 nitrogen and oxygen atoms in total. The Morgan fingerprint density at radius 2 is 1.83 bits per heavy atom. The first-order valence-corrected chi connectivity index (χ1v) is 9.16. The van der Waals surface area contributed by atoms with Gasteiger partial charge in [-0.2, -0.15) is 0 Å². The number of hydrogen-bond donors (Lipinski definition) is 3. The second kappa shape index (κ2) is 10.6. The van der Waals surface area contributed by atoms with Gasteiger partial charge in [-0.1, -0.05) is 18.2 Å². The molecular formula is C20H22N4O6. The number of nitro groups is 1. The number of benzene rings is 2. The van der Waals surface area contributed by atoms with E-state index >= 15 is 0 Å². The maximum atomic E-state index is 12.2. The lowest BCUT2D eigenvalue weighted by molar-refractivity contribution is -0.383. The van der Waals surface area contributed by atoms with Crippen LogP contribution < -0.4 is 16.0 Å². The second-order valence-corrected chi connectivity index (χ2v) is 6.24. The summed E-state index contributed by atoms with van der Waals surface area (Å²) in [7, 11) is 0. The van der Waals surface area contributed by atoms with Crippen molar-refractivity contribution in [3.63, 3.8) is 0 Å². The third kappa shape index (κ3) is 6.30. The molecule has 0 aliphatic rings. The number of ether oxygens (including phenoxy) is 1. The maximum absolute atomic E-state index is 12.2. The number of para-hydroxylation sites is 1. The molecule has 0 saturated carbocycles. The van der Waals surface area contributed by atoms with E-state index in [1.807, 2.05) is 6.07 Å². The average molecular weight is 414 g/mol. The van der Waals surface area contributed by atoms with E-state index in [4.69, 9.17) is 4.74 Å². The Labute approximate surface area is 172 Å². The van der Waals surface area contributed by atoms with Gasteiger partial charge in [0.2, 0.25) is 5.91 Å². The SMILES string of the molecule is CCNC(=O)[C@H](C)NC(=O)COC(=O)c1ccc(Nc2ccccc2)c([N+](=O)[O-])c1. The zero-order valence-corrected chi connectivity index (χ0v) is 16.5. The molecule has 158 valence electrons. The molecule has 3 N–H and O–H groups in total. The van der Waals surface area contributed by atoms with Crippen LogP contribution in [0.3, 0.4) is 0 Å². The van der Waals surface area contributed by atoms with Crippen LogP contribution in [0.4, 0.5) is 17.1 Å². The second-order valence-electron chi connectivity index (χ2n) is 6.24. The zero-order valence-electron chi connectivity index (χ0n) is 16.5. The van der Waals surface area contributed by atoms with E-state index in [0.717, 1.165) is 6.07 Å². The van der Waals surface area contributed by atoms with Gasteiger partial charge in [-0.3, -0.25) is 19.7 Å². The van der Waals surface area contributed by atoms with Crippen molar-refractivity contribution < 1.29 is 24.0 Å². The fourth-order valence-corrected chi connectivity index (χ4v) is 2.48. The van der Waals surface area contributed by atoms with E-state index in [-0.39, 0.29) is 22.8 Å². The molecule has 0 fully saturated rings. The summed E-state index contributed by atoms with van der Waals surface area (Å²) in [6, 6.07) is 11.9. The number of amides is 2. The van der Waals surface area contributed by atoms with Crippen LogP contribution >= 0.6 is 0 Å². The topological polar surface area (TPSA) is 140 Å². The summed E-state index contributed by atoms with van der Waals surface area (Å²) in [5.41, 5.74) is 0.456. The highest BCUT2D eigenvalue weighted by Crippen LogP contribution is 2.28. The lowest BCUT2D eigenvalue weighted by atomic mass is 10.1. The summed E-state index contributed by atoms with van der Waals surface area (Å²) < 4.78 is 4.90. The Hall–Kier alpha value is -3.95. The molecule has 0 aromatic heterocycles. The molecule has 1 atom stereocenters. The first kappa shape index (κ1) is 22.3. The number of carbonyl (C=O) groups excluding carboxylic acids is 3. The van der Waals surface area contributed by atoms with Crippen molar-refractivity contribution in [2.24, 2.45) is 0 Å². The number of nitro benzene ring substituents is 1. The van der Waals surface area contributed by atoms with Crippen LogP contribution in [0.1, 0.15) is 24.2 Å². The molecule has 10 heteroatoms. The minimum atomic E-state index is -0.898. The summed E-state index contributed by atoms with van der Waals surface area (Å²) in [5, 5.41) is 19.3. The van der Waals surface area contributed by atoms with Gasteiger partial charge in [0.05, 0.1) is 10.5 Å². The summed E-state index contributed by atoms with van der Waals surface area (Å²) in [6.07, 6.45) is 0.